The number of hydrogen-bond donors (Lipinski definition) is 3. The third-order valence-corrected chi connectivity index (χ3v) is 5.78. The number of nitrogens with zero attached hydrogens (tertiary/aromatic N) is 1. The number of ether oxygens (including phenoxy) is 2. The van der Waals surface area contributed by atoms with Gasteiger partial charge in [-0.2, -0.15) is 0 Å². The number of alkyl carbamates (subject to hydrolysis) is 1. The molecule has 1 aromatic rings. The molecule has 0 aliphatic carbocycles. The zero-order valence-corrected chi connectivity index (χ0v) is 24.7. The Bertz CT molecular complexity index is 1010. The van der Waals surface area contributed by atoms with Gasteiger partial charge in [-0.1, -0.05) is 56.0 Å². The summed E-state index contributed by atoms with van der Waals surface area (Å²) < 4.78 is 10.2. The molecular weight excluding hydrogens is 516 g/mol. The predicted molar refractivity (Wildman–Crippen MR) is 151 cm³/mol. The summed E-state index contributed by atoms with van der Waals surface area (Å²) in [4.78, 5) is 65.3. The van der Waals surface area contributed by atoms with Gasteiger partial charge < -0.3 is 30.7 Å². The van der Waals surface area contributed by atoms with E-state index >= 15 is 0 Å². The predicted octanol–water partition coefficient (Wildman–Crippen LogP) is 3.28. The Labute approximate surface area is 237 Å². The smallest absolute Gasteiger partial charge is 0.408 e. The molecule has 4 N–H and O–H groups in total. The number of benzene rings is 1. The molecule has 0 saturated heterocycles. The summed E-state index contributed by atoms with van der Waals surface area (Å²) in [5.41, 5.74) is 6.02. The van der Waals surface area contributed by atoms with Crippen molar-refractivity contribution in [3.8, 4) is 0 Å². The standard InChI is InChI=1S/C29H46N4O7/c1-7-9-10-11-17-33(27(37)22(19-23(30)34)32-28(38)40-29(4,5)6)25(21-14-12-13-20(3)18-21)26(36)31-16-15-24(35)39-8-2/h12-14,18,22,25H,7-11,15-17,19H2,1-6H3,(H2,30,34)(H,31,36)(H,32,38). The van der Waals surface area contributed by atoms with Crippen LogP contribution in [0.2, 0.25) is 0 Å². The number of rotatable bonds is 16. The third kappa shape index (κ3) is 12.9. The van der Waals surface area contributed by atoms with Gasteiger partial charge in [-0.15, -0.1) is 0 Å². The average Bonchev–Trinajstić information content (AvgIpc) is 2.83. The number of carbonyl (C=O) groups excluding carboxylic acids is 5. The molecule has 0 aromatic heterocycles. The summed E-state index contributed by atoms with van der Waals surface area (Å²) in [6, 6.07) is 4.74. The first-order valence-corrected chi connectivity index (χ1v) is 13.9. The minimum Gasteiger partial charge on any atom is -0.466 e. The lowest BCUT2D eigenvalue weighted by molar-refractivity contribution is -0.144. The van der Waals surface area contributed by atoms with Crippen molar-refractivity contribution < 1.29 is 33.4 Å². The van der Waals surface area contributed by atoms with E-state index in [1.54, 1.807) is 45.9 Å². The van der Waals surface area contributed by atoms with E-state index in [1.165, 1.54) is 4.90 Å². The number of hydrogen-bond acceptors (Lipinski definition) is 7. The molecule has 0 bridgehead atoms. The molecule has 0 aliphatic rings. The Morgan fingerprint density at radius 2 is 1.75 bits per heavy atom. The summed E-state index contributed by atoms with van der Waals surface area (Å²) in [6.45, 7) is 11.1. The largest absolute Gasteiger partial charge is 0.466 e. The zero-order chi connectivity index (χ0) is 30.3. The number of nitrogens with one attached hydrogen (secondary N) is 2. The number of esters is 1. The van der Waals surface area contributed by atoms with Crippen LogP contribution in [0.25, 0.3) is 0 Å². The molecule has 11 heteroatoms. The van der Waals surface area contributed by atoms with Gasteiger partial charge in [-0.05, 0) is 46.6 Å². The van der Waals surface area contributed by atoms with Crippen LogP contribution in [0.5, 0.6) is 0 Å². The number of amides is 4. The highest BCUT2D eigenvalue weighted by Gasteiger charge is 2.36. The first kappa shape index (κ1) is 34.4. The SMILES string of the molecule is CCCCCCN(C(=O)C(CC(N)=O)NC(=O)OC(C)(C)C)C(C(=O)NCCC(=O)OCC)c1cccc(C)c1. The summed E-state index contributed by atoms with van der Waals surface area (Å²) in [5.74, 6) is -2.40. The molecule has 2 unspecified atom stereocenters. The van der Waals surface area contributed by atoms with Gasteiger partial charge in [0.1, 0.15) is 17.7 Å². The van der Waals surface area contributed by atoms with Crippen LogP contribution in [-0.4, -0.2) is 66.0 Å². The summed E-state index contributed by atoms with van der Waals surface area (Å²) >= 11 is 0. The van der Waals surface area contributed by atoms with E-state index in [0.717, 1.165) is 24.8 Å². The Morgan fingerprint density at radius 1 is 1.05 bits per heavy atom. The Morgan fingerprint density at radius 3 is 2.33 bits per heavy atom. The van der Waals surface area contributed by atoms with Crippen molar-refractivity contribution in [1.82, 2.24) is 15.5 Å². The van der Waals surface area contributed by atoms with E-state index in [4.69, 9.17) is 15.2 Å². The quantitative estimate of drug-likeness (QED) is 0.206. The molecule has 1 rings (SSSR count). The third-order valence-electron chi connectivity index (χ3n) is 5.78. The van der Waals surface area contributed by atoms with Gasteiger partial charge in [-0.25, -0.2) is 4.79 Å². The molecule has 11 nitrogen and oxygen atoms in total. The number of nitrogens with two attached hydrogens (primary N) is 1. The van der Waals surface area contributed by atoms with Gasteiger partial charge >= 0.3 is 12.1 Å². The summed E-state index contributed by atoms with van der Waals surface area (Å²) in [6.07, 6.45) is 1.91. The van der Waals surface area contributed by atoms with Gasteiger partial charge in [0.25, 0.3) is 0 Å². The molecule has 0 radical (unpaired) electrons. The normalized spacial score (nSPS) is 12.6. The highest BCUT2D eigenvalue weighted by atomic mass is 16.6. The van der Waals surface area contributed by atoms with E-state index in [-0.39, 0.29) is 26.1 Å². The van der Waals surface area contributed by atoms with E-state index in [2.05, 4.69) is 17.6 Å². The Hall–Kier alpha value is -3.63. The molecule has 40 heavy (non-hydrogen) atoms. The average molecular weight is 563 g/mol. The Kier molecular flexibility index (Phi) is 14.7. The second-order valence-electron chi connectivity index (χ2n) is 10.6. The highest BCUT2D eigenvalue weighted by molar-refractivity contribution is 5.94. The van der Waals surface area contributed by atoms with E-state index in [9.17, 15) is 24.0 Å². The van der Waals surface area contributed by atoms with Crippen molar-refractivity contribution in [2.45, 2.75) is 97.8 Å². The van der Waals surface area contributed by atoms with Crippen LogP contribution in [0.3, 0.4) is 0 Å². The molecule has 0 fully saturated rings. The molecule has 0 saturated carbocycles. The Balaban J connectivity index is 3.44. The van der Waals surface area contributed by atoms with E-state index in [0.29, 0.717) is 12.0 Å². The molecule has 224 valence electrons. The lowest BCUT2D eigenvalue weighted by atomic mass is 9.99. The number of aryl methyl sites for hydroxylation is 1. The maximum Gasteiger partial charge on any atom is 0.408 e. The summed E-state index contributed by atoms with van der Waals surface area (Å²) in [5, 5.41) is 5.21. The van der Waals surface area contributed by atoms with Crippen molar-refractivity contribution in [2.24, 2.45) is 5.73 Å². The van der Waals surface area contributed by atoms with Crippen molar-refractivity contribution in [1.29, 1.82) is 0 Å². The van der Waals surface area contributed by atoms with E-state index in [1.807, 2.05) is 13.0 Å². The van der Waals surface area contributed by atoms with E-state index < -0.39 is 53.9 Å². The van der Waals surface area contributed by atoms with Crippen LogP contribution >= 0.6 is 0 Å². The van der Waals surface area contributed by atoms with Crippen molar-refractivity contribution in [3.05, 3.63) is 35.4 Å². The van der Waals surface area contributed by atoms with Crippen LogP contribution in [0.1, 0.15) is 90.3 Å². The van der Waals surface area contributed by atoms with Crippen LogP contribution in [0.4, 0.5) is 4.79 Å². The fourth-order valence-electron chi connectivity index (χ4n) is 4.06. The minimum atomic E-state index is -1.35. The van der Waals surface area contributed by atoms with Crippen molar-refractivity contribution in [3.63, 3.8) is 0 Å². The molecule has 4 amide bonds. The fourth-order valence-corrected chi connectivity index (χ4v) is 4.06. The lowest BCUT2D eigenvalue weighted by Gasteiger charge is -2.34. The first-order valence-electron chi connectivity index (χ1n) is 13.9. The van der Waals surface area contributed by atoms with Crippen molar-refractivity contribution in [2.75, 3.05) is 19.7 Å². The van der Waals surface area contributed by atoms with Crippen LogP contribution in [-0.2, 0) is 28.7 Å². The zero-order valence-electron chi connectivity index (χ0n) is 24.7. The number of carbonyl (C=O) groups is 5. The molecular formula is C29H46N4O7. The lowest BCUT2D eigenvalue weighted by Crippen LogP contribution is -2.54. The maximum atomic E-state index is 14.0. The topological polar surface area (TPSA) is 157 Å². The van der Waals surface area contributed by atoms with Gasteiger partial charge in [0, 0.05) is 13.1 Å². The molecule has 2 atom stereocenters. The first-order chi connectivity index (χ1) is 18.8. The molecule has 0 aliphatic heterocycles. The van der Waals surface area contributed by atoms with Gasteiger partial charge in [0.05, 0.1) is 19.4 Å². The minimum absolute atomic E-state index is 0.0126. The highest BCUT2D eigenvalue weighted by Crippen LogP contribution is 2.25. The van der Waals surface area contributed by atoms with Crippen molar-refractivity contribution >= 4 is 29.8 Å². The molecule has 0 heterocycles. The van der Waals surface area contributed by atoms with Gasteiger partial charge in [-0.3, -0.25) is 19.2 Å². The maximum absolute atomic E-state index is 14.0. The van der Waals surface area contributed by atoms with Gasteiger partial charge in [0.15, 0.2) is 0 Å². The molecule has 0 spiro atoms. The monoisotopic (exact) mass is 562 g/mol. The second-order valence-corrected chi connectivity index (χ2v) is 10.6. The van der Waals surface area contributed by atoms with Crippen LogP contribution in [0, 0.1) is 6.92 Å². The second kappa shape index (κ2) is 17.1. The number of unbranched alkanes of at least 4 members (excludes halogenated alkanes) is 3. The molecule has 1 aromatic carbocycles. The van der Waals surface area contributed by atoms with Gasteiger partial charge in [0.2, 0.25) is 17.7 Å². The van der Waals surface area contributed by atoms with Crippen LogP contribution in [0.15, 0.2) is 24.3 Å². The van der Waals surface area contributed by atoms with Crippen LogP contribution < -0.4 is 16.4 Å². The fraction of sp³-hybridized carbons (Fsp3) is 0.621. The number of primary amides is 1. The summed E-state index contributed by atoms with van der Waals surface area (Å²) in [7, 11) is 0.